The largest absolute Gasteiger partial charge is 0.497 e. The maximum Gasteiger partial charge on any atom is 0.326 e. The number of rotatable bonds is 7. The van der Waals surface area contributed by atoms with Gasteiger partial charge in [-0.15, -0.1) is 0 Å². The molecule has 7 nitrogen and oxygen atoms in total. The highest BCUT2D eigenvalue weighted by Crippen LogP contribution is 2.35. The zero-order valence-electron chi connectivity index (χ0n) is 15.6. The Bertz CT molecular complexity index is 609. The summed E-state index contributed by atoms with van der Waals surface area (Å²) in [6.45, 7) is 5.18. The van der Waals surface area contributed by atoms with Crippen LogP contribution in [-0.2, 0) is 14.9 Å². The third-order valence-corrected chi connectivity index (χ3v) is 4.96. The molecule has 0 spiro atoms. The predicted octanol–water partition coefficient (Wildman–Crippen LogP) is 2.15. The lowest BCUT2D eigenvalue weighted by molar-refractivity contribution is -0.140. The van der Waals surface area contributed by atoms with Crippen LogP contribution in [0.1, 0.15) is 32.3 Å². The highest BCUT2D eigenvalue weighted by atomic mass is 16.5. The van der Waals surface area contributed by atoms with E-state index in [2.05, 4.69) is 10.6 Å². The van der Waals surface area contributed by atoms with Crippen molar-refractivity contribution in [2.45, 2.75) is 38.1 Å². The smallest absolute Gasteiger partial charge is 0.326 e. The van der Waals surface area contributed by atoms with Crippen LogP contribution >= 0.6 is 0 Å². The van der Waals surface area contributed by atoms with E-state index in [0.29, 0.717) is 19.8 Å². The summed E-state index contributed by atoms with van der Waals surface area (Å²) in [5.41, 5.74) is 0.874. The first-order valence-electron chi connectivity index (χ1n) is 8.87. The molecule has 1 aliphatic heterocycles. The van der Waals surface area contributed by atoms with Gasteiger partial charge >= 0.3 is 12.0 Å². The number of hydrogen-bond donors (Lipinski definition) is 3. The Morgan fingerprint density at radius 1 is 1.23 bits per heavy atom. The van der Waals surface area contributed by atoms with E-state index >= 15 is 0 Å². The molecule has 1 atom stereocenters. The molecule has 1 saturated heterocycles. The molecule has 0 aromatic heterocycles. The lowest BCUT2D eigenvalue weighted by Crippen LogP contribution is -2.52. The molecule has 0 saturated carbocycles. The van der Waals surface area contributed by atoms with Crippen LogP contribution in [0, 0.1) is 5.92 Å². The molecule has 2 amide bonds. The fourth-order valence-corrected chi connectivity index (χ4v) is 3.23. The van der Waals surface area contributed by atoms with Gasteiger partial charge in [0, 0.05) is 25.2 Å². The summed E-state index contributed by atoms with van der Waals surface area (Å²) in [4.78, 5) is 23.5. The number of aliphatic carboxylic acids is 1. The maximum atomic E-state index is 12.2. The molecule has 1 heterocycles. The summed E-state index contributed by atoms with van der Waals surface area (Å²) in [6.07, 6.45) is 1.57. The number of benzene rings is 1. The Kier molecular flexibility index (Phi) is 6.85. The van der Waals surface area contributed by atoms with Crippen molar-refractivity contribution in [3.05, 3.63) is 29.8 Å². The summed E-state index contributed by atoms with van der Waals surface area (Å²) < 4.78 is 10.7. The van der Waals surface area contributed by atoms with Crippen molar-refractivity contribution in [3.63, 3.8) is 0 Å². The maximum absolute atomic E-state index is 12.2. The summed E-state index contributed by atoms with van der Waals surface area (Å²) in [5.74, 6) is -0.453. The number of urea groups is 1. The third-order valence-electron chi connectivity index (χ3n) is 4.96. The van der Waals surface area contributed by atoms with Crippen LogP contribution in [0.15, 0.2) is 24.3 Å². The SMILES string of the molecule is COc1ccc(C2(CNC(=O)NC(C(=O)O)C(C)C)CCOCC2)cc1. The Morgan fingerprint density at radius 2 is 1.85 bits per heavy atom. The molecular formula is C19H28N2O5. The van der Waals surface area contributed by atoms with Crippen LogP contribution in [0.3, 0.4) is 0 Å². The van der Waals surface area contributed by atoms with Gasteiger partial charge in [-0.25, -0.2) is 9.59 Å². The van der Waals surface area contributed by atoms with E-state index in [-0.39, 0.29) is 11.3 Å². The molecule has 26 heavy (non-hydrogen) atoms. The van der Waals surface area contributed by atoms with Crippen molar-refractivity contribution in [1.82, 2.24) is 10.6 Å². The van der Waals surface area contributed by atoms with Crippen LogP contribution in [0.4, 0.5) is 4.79 Å². The van der Waals surface area contributed by atoms with Crippen LogP contribution < -0.4 is 15.4 Å². The number of carboxylic acids is 1. The molecule has 1 fully saturated rings. The molecule has 0 bridgehead atoms. The average Bonchev–Trinajstić information content (AvgIpc) is 2.64. The van der Waals surface area contributed by atoms with Crippen molar-refractivity contribution in [2.24, 2.45) is 5.92 Å². The van der Waals surface area contributed by atoms with Crippen LogP contribution in [-0.4, -0.2) is 50.0 Å². The Morgan fingerprint density at radius 3 is 2.35 bits per heavy atom. The highest BCUT2D eigenvalue weighted by molar-refractivity contribution is 5.82. The van der Waals surface area contributed by atoms with E-state index in [4.69, 9.17) is 9.47 Å². The van der Waals surface area contributed by atoms with Crippen molar-refractivity contribution in [1.29, 1.82) is 0 Å². The van der Waals surface area contributed by atoms with Gasteiger partial charge in [0.25, 0.3) is 0 Å². The van der Waals surface area contributed by atoms with Crippen molar-refractivity contribution < 1.29 is 24.2 Å². The van der Waals surface area contributed by atoms with E-state index in [1.807, 2.05) is 24.3 Å². The zero-order chi connectivity index (χ0) is 19.2. The van der Waals surface area contributed by atoms with E-state index in [1.54, 1.807) is 21.0 Å². The van der Waals surface area contributed by atoms with Crippen molar-refractivity contribution in [3.8, 4) is 5.75 Å². The molecule has 2 rings (SSSR count). The highest BCUT2D eigenvalue weighted by Gasteiger charge is 2.35. The van der Waals surface area contributed by atoms with Gasteiger partial charge in [-0.1, -0.05) is 26.0 Å². The molecule has 1 aliphatic rings. The first kappa shape index (κ1) is 20.0. The number of carboxylic acid groups (broad SMARTS) is 1. The Hall–Kier alpha value is -2.28. The number of ether oxygens (including phenoxy) is 2. The van der Waals surface area contributed by atoms with Crippen LogP contribution in [0.25, 0.3) is 0 Å². The van der Waals surface area contributed by atoms with E-state index in [0.717, 1.165) is 24.2 Å². The minimum absolute atomic E-state index is 0.197. The lowest BCUT2D eigenvalue weighted by atomic mass is 9.74. The van der Waals surface area contributed by atoms with E-state index in [1.165, 1.54) is 0 Å². The van der Waals surface area contributed by atoms with Gasteiger partial charge in [-0.05, 0) is 36.5 Å². The second kappa shape index (κ2) is 8.89. The summed E-state index contributed by atoms with van der Waals surface area (Å²) in [7, 11) is 1.62. The molecule has 0 aliphatic carbocycles. The Balaban J connectivity index is 2.08. The average molecular weight is 364 g/mol. The topological polar surface area (TPSA) is 96.9 Å². The summed E-state index contributed by atoms with van der Waals surface area (Å²) >= 11 is 0. The number of amides is 2. The molecule has 1 aromatic rings. The van der Waals surface area contributed by atoms with Gasteiger partial charge in [0.1, 0.15) is 11.8 Å². The molecule has 1 unspecified atom stereocenters. The predicted molar refractivity (Wildman–Crippen MR) is 97.5 cm³/mol. The van der Waals surface area contributed by atoms with Crippen LogP contribution in [0.5, 0.6) is 5.75 Å². The summed E-state index contributed by atoms with van der Waals surface area (Å²) in [5, 5.41) is 14.6. The normalized spacial score (nSPS) is 17.4. The van der Waals surface area contributed by atoms with Gasteiger partial charge in [-0.2, -0.15) is 0 Å². The first-order valence-corrected chi connectivity index (χ1v) is 8.87. The molecule has 7 heteroatoms. The van der Waals surface area contributed by atoms with Crippen molar-refractivity contribution in [2.75, 3.05) is 26.9 Å². The zero-order valence-corrected chi connectivity index (χ0v) is 15.6. The van der Waals surface area contributed by atoms with Gasteiger partial charge in [0.05, 0.1) is 7.11 Å². The van der Waals surface area contributed by atoms with E-state index < -0.39 is 18.0 Å². The quantitative estimate of drug-likeness (QED) is 0.689. The first-order chi connectivity index (χ1) is 12.4. The fourth-order valence-electron chi connectivity index (χ4n) is 3.23. The number of carbonyl (C=O) groups excluding carboxylic acids is 1. The molecule has 144 valence electrons. The number of hydrogen-bond acceptors (Lipinski definition) is 4. The second-order valence-electron chi connectivity index (χ2n) is 7.01. The number of carbonyl (C=O) groups is 2. The second-order valence-corrected chi connectivity index (χ2v) is 7.01. The molecule has 3 N–H and O–H groups in total. The molecule has 0 radical (unpaired) electrons. The minimum Gasteiger partial charge on any atom is -0.497 e. The van der Waals surface area contributed by atoms with Gasteiger partial charge in [-0.3, -0.25) is 0 Å². The van der Waals surface area contributed by atoms with Gasteiger partial charge in [0.15, 0.2) is 0 Å². The number of methoxy groups -OCH3 is 1. The van der Waals surface area contributed by atoms with Crippen LogP contribution in [0.2, 0.25) is 0 Å². The monoisotopic (exact) mass is 364 g/mol. The lowest BCUT2D eigenvalue weighted by Gasteiger charge is -2.38. The number of nitrogens with one attached hydrogen (secondary N) is 2. The Labute approximate surface area is 154 Å². The van der Waals surface area contributed by atoms with Crippen molar-refractivity contribution >= 4 is 12.0 Å². The van der Waals surface area contributed by atoms with Gasteiger partial charge < -0.3 is 25.2 Å². The molecular weight excluding hydrogens is 336 g/mol. The van der Waals surface area contributed by atoms with E-state index in [9.17, 15) is 14.7 Å². The van der Waals surface area contributed by atoms with Gasteiger partial charge in [0.2, 0.25) is 0 Å². The summed E-state index contributed by atoms with van der Waals surface area (Å²) in [6, 6.07) is 6.46. The minimum atomic E-state index is -1.04. The molecule has 1 aromatic carbocycles. The standard InChI is InChI=1S/C19H28N2O5/c1-13(2)16(17(22)23)21-18(24)20-12-19(8-10-26-11-9-19)14-4-6-15(25-3)7-5-14/h4-7,13,16H,8-12H2,1-3H3,(H,22,23)(H2,20,21,24). The fraction of sp³-hybridized carbons (Fsp3) is 0.579. The third kappa shape index (κ3) is 4.88.